The van der Waals surface area contributed by atoms with E-state index >= 15 is 0 Å². The highest BCUT2D eigenvalue weighted by molar-refractivity contribution is 8.01. The molecule has 480 valence electrons. The van der Waals surface area contributed by atoms with Crippen molar-refractivity contribution in [3.63, 3.8) is 0 Å². The van der Waals surface area contributed by atoms with Gasteiger partial charge in [-0.3, -0.25) is 0 Å². The maximum Gasteiger partial charge on any atom is 0.225 e. The Hall–Kier alpha value is -9.36. The molecule has 0 N–H and O–H groups in total. The highest BCUT2D eigenvalue weighted by atomic mass is 32.2. The van der Waals surface area contributed by atoms with Crippen molar-refractivity contribution in [3.8, 4) is 39.1 Å². The van der Waals surface area contributed by atoms with Gasteiger partial charge < -0.3 is 24.3 Å². The third-order valence-electron chi connectivity index (χ3n) is 24.2. The van der Waals surface area contributed by atoms with Gasteiger partial charge in [0.25, 0.3) is 0 Å². The van der Waals surface area contributed by atoms with Gasteiger partial charge in [-0.2, -0.15) is 11.8 Å². The predicted octanol–water partition coefficient (Wildman–Crippen LogP) is 19.9. The Kier molecular flexibility index (Phi) is 15.6. The normalized spacial score (nSPS) is 26.4. The Bertz CT molecular complexity index is 4670. The number of rotatable bonds is 12. The van der Waals surface area contributed by atoms with Gasteiger partial charge in [0, 0.05) is 110 Å². The number of fused-ring (bicyclic) bond motifs is 8. The van der Waals surface area contributed by atoms with E-state index in [0.29, 0.717) is 17.1 Å². The van der Waals surface area contributed by atoms with Crippen LogP contribution in [-0.4, -0.2) is 66.3 Å². The van der Waals surface area contributed by atoms with Gasteiger partial charge in [0.1, 0.15) is 5.75 Å². The lowest BCUT2D eigenvalue weighted by Crippen LogP contribution is -2.69. The fourth-order valence-electron chi connectivity index (χ4n) is 20.5. The molecule has 10 aromatic rings. The van der Waals surface area contributed by atoms with Gasteiger partial charge in [0.15, 0.2) is 6.71 Å². The highest BCUT2D eigenvalue weighted by Gasteiger charge is 2.63. The van der Waals surface area contributed by atoms with Crippen molar-refractivity contribution in [2.24, 2.45) is 0 Å². The van der Waals surface area contributed by atoms with E-state index in [0.717, 1.165) is 31.4 Å². The van der Waals surface area contributed by atoms with Gasteiger partial charge in [0.2, 0.25) is 6.71 Å². The van der Waals surface area contributed by atoms with E-state index in [-0.39, 0.29) is 72.5 Å². The molecule has 98 heavy (non-hydrogen) atoms. The minimum absolute atomic E-state index is 0.0105. The first-order valence-corrected chi connectivity index (χ1v) is 37.6. The molecule has 0 bridgehead atoms. The average molecular weight is 1290 g/mol. The van der Waals surface area contributed by atoms with E-state index in [9.17, 15) is 0 Å². The first-order chi connectivity index (χ1) is 48.7. The highest BCUT2D eigenvalue weighted by Crippen LogP contribution is 2.63. The van der Waals surface area contributed by atoms with Crippen LogP contribution in [0, 0.1) is 0 Å². The Morgan fingerprint density at radius 2 is 1.02 bits per heavy atom. The molecule has 4 aliphatic heterocycles. The first-order valence-electron chi connectivity index (χ1n) is 36.6. The monoisotopic (exact) mass is 1290 g/mol. The third kappa shape index (κ3) is 10.3. The van der Waals surface area contributed by atoms with Gasteiger partial charge in [-0.15, -0.1) is 0 Å². The number of nitrogens with zero attached hydrogens (tertiary/aromatic N) is 4. The fraction of sp³-hybridized carbons (Fsp3) is 0.244. The van der Waals surface area contributed by atoms with Crippen LogP contribution in [0.4, 0.5) is 28.4 Å². The summed E-state index contributed by atoms with van der Waals surface area (Å²) in [6.45, 7) is 0.440. The lowest BCUT2D eigenvalue weighted by Gasteiger charge is -2.62. The van der Waals surface area contributed by atoms with Crippen LogP contribution < -0.4 is 35.3 Å². The summed E-state index contributed by atoms with van der Waals surface area (Å²) in [4.78, 5) is 11.7. The van der Waals surface area contributed by atoms with E-state index < -0.39 is 0 Å². The van der Waals surface area contributed by atoms with Crippen LogP contribution in [0.3, 0.4) is 0 Å². The van der Waals surface area contributed by atoms with E-state index in [4.69, 9.17) is 4.74 Å². The molecule has 2 saturated heterocycles. The second-order valence-corrected chi connectivity index (χ2v) is 30.6. The molecule has 3 saturated carbocycles. The Morgan fingerprint density at radius 3 is 1.74 bits per heavy atom. The SMILES string of the molecule is C1=CC(c2ccccc2)C(N2c3ccccc3B3C4C=C5B6c7ccccc7OC7CC(N(c8ccccc8-c8ccccc8)C8CCCCC8)CC(C67)N(c6ccccc6-c6ccccc6)C5=CC4SC4CC(N(c5ccccc5)c5ccccc5-c5ccccc5)CC2C34)C=C1. The minimum atomic E-state index is -0.0105. The van der Waals surface area contributed by atoms with Crippen LogP contribution in [0.2, 0.25) is 17.5 Å². The molecule has 12 unspecified atom stereocenters. The summed E-state index contributed by atoms with van der Waals surface area (Å²) in [6, 6.07) is 105. The maximum atomic E-state index is 7.77. The summed E-state index contributed by atoms with van der Waals surface area (Å²) >= 11 is 2.34. The molecule has 0 spiro atoms. The number of allylic oxidation sites excluding steroid dienone is 4. The van der Waals surface area contributed by atoms with Crippen molar-refractivity contribution in [3.05, 3.63) is 326 Å². The lowest BCUT2D eigenvalue weighted by molar-refractivity contribution is 0.120. The molecular weight excluding hydrogens is 1210 g/mol. The summed E-state index contributed by atoms with van der Waals surface area (Å²) in [6.07, 6.45) is 25.8. The fourth-order valence-corrected chi connectivity index (χ4v) is 22.4. The number of hydrogen-bond donors (Lipinski definition) is 0. The Labute approximate surface area is 584 Å². The molecule has 19 rings (SSSR count). The van der Waals surface area contributed by atoms with E-state index in [1.807, 2.05) is 0 Å². The van der Waals surface area contributed by atoms with Crippen molar-refractivity contribution in [2.75, 3.05) is 19.6 Å². The molecular formula is C90H82B2N4OS. The zero-order valence-corrected chi connectivity index (χ0v) is 56.4. The zero-order chi connectivity index (χ0) is 64.6. The summed E-state index contributed by atoms with van der Waals surface area (Å²) < 4.78 is 7.77. The molecule has 5 nitrogen and oxygen atoms in total. The maximum absolute atomic E-state index is 7.77. The molecule has 10 aromatic carbocycles. The van der Waals surface area contributed by atoms with Gasteiger partial charge in [-0.25, -0.2) is 0 Å². The molecule has 8 heteroatoms. The smallest absolute Gasteiger partial charge is 0.225 e. The zero-order valence-electron chi connectivity index (χ0n) is 55.6. The molecule has 12 atom stereocenters. The number of benzene rings is 10. The van der Waals surface area contributed by atoms with Gasteiger partial charge in [-0.05, 0) is 120 Å². The Balaban J connectivity index is 0.809. The molecule has 5 aliphatic carbocycles. The van der Waals surface area contributed by atoms with Crippen molar-refractivity contribution in [1.82, 2.24) is 0 Å². The van der Waals surface area contributed by atoms with Crippen molar-refractivity contribution >= 4 is 64.5 Å². The van der Waals surface area contributed by atoms with Gasteiger partial charge >= 0.3 is 0 Å². The first kappa shape index (κ1) is 59.9. The largest absolute Gasteiger partial charge is 0.491 e. The Morgan fingerprint density at radius 1 is 0.449 bits per heavy atom. The van der Waals surface area contributed by atoms with E-state index in [1.54, 1.807) is 0 Å². The summed E-state index contributed by atoms with van der Waals surface area (Å²) in [7, 11) is 0. The second kappa shape index (κ2) is 25.5. The number of anilines is 5. The second-order valence-electron chi connectivity index (χ2n) is 29.2. The predicted molar refractivity (Wildman–Crippen MR) is 414 cm³/mol. The molecule has 9 aliphatic rings. The molecule has 5 fully saturated rings. The van der Waals surface area contributed by atoms with Crippen LogP contribution in [0.5, 0.6) is 5.75 Å². The molecule has 4 heterocycles. The molecule has 0 amide bonds. The van der Waals surface area contributed by atoms with Crippen molar-refractivity contribution in [1.29, 1.82) is 0 Å². The number of para-hydroxylation sites is 6. The lowest BCUT2D eigenvalue weighted by atomic mass is 9.22. The van der Waals surface area contributed by atoms with Crippen molar-refractivity contribution in [2.45, 2.75) is 134 Å². The van der Waals surface area contributed by atoms with Crippen LogP contribution in [0.15, 0.2) is 321 Å². The third-order valence-corrected chi connectivity index (χ3v) is 25.8. The topological polar surface area (TPSA) is 22.2 Å². The number of hydrogen-bond acceptors (Lipinski definition) is 6. The number of thioether (sulfide) groups is 1. The van der Waals surface area contributed by atoms with E-state index in [2.05, 4.69) is 341 Å². The van der Waals surface area contributed by atoms with Crippen LogP contribution >= 0.6 is 11.8 Å². The minimum Gasteiger partial charge on any atom is -0.491 e. The quantitative estimate of drug-likeness (QED) is 0.113. The standard InChI is InChI=1S/C90H82B2N4OS/c1-7-31-61(32-8-1)69-43-19-25-49-77(69)93(65-39-15-5-16-40-65)67-55-83-89-86(57-67)97-85-54-30-24-48-74(85)92(89)75-59-76-87(60-82(75)96(83)80-52-28-22-46-72(80)64-37-13-4-14-38-64)98-88-58-68(94(66-41-17-6-18-42-66)78-50-26-20-44-70(78)62-33-9-2-10-34-62)56-84-90(88)91(76)73-47-23-29-53-81(73)95(84)79-51-27-21-45-71(79)63-35-11-3-12-36-63/h1-4,6-14,17-38,41-54,59-60,65,67-68,71,76,79,83-84,86-90H,5,15-16,39-40,55-58H2. The summed E-state index contributed by atoms with van der Waals surface area (Å²) in [5.41, 5.74) is 21.5. The van der Waals surface area contributed by atoms with Crippen LogP contribution in [0.1, 0.15) is 69.3 Å². The van der Waals surface area contributed by atoms with Gasteiger partial charge in [0.05, 0.1) is 12.1 Å². The van der Waals surface area contributed by atoms with Crippen LogP contribution in [0.25, 0.3) is 33.4 Å². The van der Waals surface area contributed by atoms with Crippen molar-refractivity contribution < 1.29 is 4.74 Å². The number of ether oxygens (including phenoxy) is 1. The average Bonchev–Trinajstić information content (AvgIpc) is 0.694. The summed E-state index contributed by atoms with van der Waals surface area (Å²) in [5, 5.41) is 0.545. The van der Waals surface area contributed by atoms with Gasteiger partial charge in [-0.1, -0.05) is 291 Å². The van der Waals surface area contributed by atoms with E-state index in [1.165, 1.54) is 122 Å². The van der Waals surface area contributed by atoms with Crippen LogP contribution in [-0.2, 0) is 0 Å². The molecule has 0 aromatic heterocycles. The summed E-state index contributed by atoms with van der Waals surface area (Å²) in [5.74, 6) is 2.08. The molecule has 0 radical (unpaired) electrons.